The van der Waals surface area contributed by atoms with E-state index in [1.54, 1.807) is 6.07 Å². The van der Waals surface area contributed by atoms with Crippen molar-refractivity contribution in [3.8, 4) is 5.75 Å². The van der Waals surface area contributed by atoms with Crippen LogP contribution in [0.2, 0.25) is 0 Å². The Morgan fingerprint density at radius 2 is 2.05 bits per heavy atom. The first-order valence-corrected chi connectivity index (χ1v) is 8.16. The zero-order chi connectivity index (χ0) is 15.4. The standard InChI is InChI=1S/C17H25FN2O2/c1-19-4-2-3-17(19)14-11-15(18)13-16(12-14)22-10-7-20-5-8-21-9-6-20/h11-13,17H,2-10H2,1H3. The zero-order valence-electron chi connectivity index (χ0n) is 13.3. The number of nitrogens with zero attached hydrogens (tertiary/aromatic N) is 2. The van der Waals surface area contributed by atoms with Gasteiger partial charge in [-0.1, -0.05) is 0 Å². The van der Waals surface area contributed by atoms with Crippen LogP contribution in [0.5, 0.6) is 5.75 Å². The molecule has 0 radical (unpaired) electrons. The summed E-state index contributed by atoms with van der Waals surface area (Å²) in [6, 6.07) is 5.44. The minimum absolute atomic E-state index is 0.209. The third kappa shape index (κ3) is 3.97. The minimum atomic E-state index is -0.209. The van der Waals surface area contributed by atoms with Gasteiger partial charge in [0.2, 0.25) is 0 Å². The molecule has 1 unspecified atom stereocenters. The van der Waals surface area contributed by atoms with Crippen LogP contribution in [0.25, 0.3) is 0 Å². The molecule has 2 saturated heterocycles. The van der Waals surface area contributed by atoms with E-state index >= 15 is 0 Å². The van der Waals surface area contributed by atoms with Crippen LogP contribution in [-0.2, 0) is 4.74 Å². The number of likely N-dealkylation sites (tertiary alicyclic amines) is 1. The lowest BCUT2D eigenvalue weighted by molar-refractivity contribution is 0.0322. The Hall–Kier alpha value is -1.17. The molecule has 1 atom stereocenters. The van der Waals surface area contributed by atoms with Gasteiger partial charge in [0.05, 0.1) is 13.2 Å². The maximum atomic E-state index is 13.9. The van der Waals surface area contributed by atoms with Crippen molar-refractivity contribution in [3.05, 3.63) is 29.6 Å². The van der Waals surface area contributed by atoms with Gasteiger partial charge < -0.3 is 9.47 Å². The quantitative estimate of drug-likeness (QED) is 0.833. The number of hydrogen-bond donors (Lipinski definition) is 0. The van der Waals surface area contributed by atoms with Gasteiger partial charge in [-0.2, -0.15) is 0 Å². The highest BCUT2D eigenvalue weighted by Crippen LogP contribution is 2.32. The first-order valence-electron chi connectivity index (χ1n) is 8.16. The van der Waals surface area contributed by atoms with Crippen LogP contribution < -0.4 is 4.74 Å². The lowest BCUT2D eigenvalue weighted by atomic mass is 10.0. The summed E-state index contributed by atoms with van der Waals surface area (Å²) in [6.07, 6.45) is 2.26. The zero-order valence-corrected chi connectivity index (χ0v) is 13.3. The van der Waals surface area contributed by atoms with Crippen molar-refractivity contribution >= 4 is 0 Å². The molecular formula is C17H25FN2O2. The van der Waals surface area contributed by atoms with Crippen LogP contribution in [-0.4, -0.2) is 62.8 Å². The molecule has 2 aliphatic rings. The maximum absolute atomic E-state index is 13.9. The number of ether oxygens (including phenoxy) is 2. The molecule has 1 aromatic rings. The van der Waals surface area contributed by atoms with Crippen molar-refractivity contribution < 1.29 is 13.9 Å². The molecule has 2 heterocycles. The molecule has 0 N–H and O–H groups in total. The van der Waals surface area contributed by atoms with Gasteiger partial charge in [0.15, 0.2) is 0 Å². The van der Waals surface area contributed by atoms with E-state index in [0.29, 0.717) is 18.4 Å². The summed E-state index contributed by atoms with van der Waals surface area (Å²) in [6.45, 7) is 6.00. The molecule has 0 bridgehead atoms. The lowest BCUT2D eigenvalue weighted by Gasteiger charge is -2.26. The summed E-state index contributed by atoms with van der Waals surface area (Å²) in [5.41, 5.74) is 1.03. The summed E-state index contributed by atoms with van der Waals surface area (Å²) >= 11 is 0. The number of halogens is 1. The van der Waals surface area contributed by atoms with Gasteiger partial charge in [-0.05, 0) is 44.1 Å². The van der Waals surface area contributed by atoms with E-state index in [1.165, 1.54) is 12.5 Å². The summed E-state index contributed by atoms with van der Waals surface area (Å²) in [5, 5.41) is 0. The van der Waals surface area contributed by atoms with Crippen LogP contribution in [0.15, 0.2) is 18.2 Å². The molecule has 3 rings (SSSR count). The molecule has 2 fully saturated rings. The first-order chi connectivity index (χ1) is 10.7. The van der Waals surface area contributed by atoms with Gasteiger partial charge in [-0.25, -0.2) is 4.39 Å². The minimum Gasteiger partial charge on any atom is -0.492 e. The van der Waals surface area contributed by atoms with E-state index in [0.717, 1.165) is 51.4 Å². The van der Waals surface area contributed by atoms with Crippen molar-refractivity contribution in [2.75, 3.05) is 53.0 Å². The average molecular weight is 308 g/mol. The van der Waals surface area contributed by atoms with Crippen LogP contribution in [0.4, 0.5) is 4.39 Å². The fraction of sp³-hybridized carbons (Fsp3) is 0.647. The normalized spacial score (nSPS) is 23.8. The lowest BCUT2D eigenvalue weighted by Crippen LogP contribution is -2.38. The fourth-order valence-corrected chi connectivity index (χ4v) is 3.31. The van der Waals surface area contributed by atoms with Gasteiger partial charge in [-0.15, -0.1) is 0 Å². The largest absolute Gasteiger partial charge is 0.492 e. The Bertz CT molecular complexity index is 492. The number of rotatable bonds is 5. The van der Waals surface area contributed by atoms with E-state index in [2.05, 4.69) is 16.8 Å². The molecule has 5 heteroatoms. The Kier molecular flexibility index (Phi) is 5.28. The van der Waals surface area contributed by atoms with Gasteiger partial charge in [-0.3, -0.25) is 9.80 Å². The van der Waals surface area contributed by atoms with E-state index in [1.807, 2.05) is 6.07 Å². The molecule has 0 spiro atoms. The highest BCUT2D eigenvalue weighted by atomic mass is 19.1. The van der Waals surface area contributed by atoms with Crippen LogP contribution in [0.1, 0.15) is 24.4 Å². The van der Waals surface area contributed by atoms with Crippen molar-refractivity contribution in [2.45, 2.75) is 18.9 Å². The topological polar surface area (TPSA) is 24.9 Å². The summed E-state index contributed by atoms with van der Waals surface area (Å²) in [5.74, 6) is 0.433. The number of hydrogen-bond acceptors (Lipinski definition) is 4. The third-order valence-electron chi connectivity index (χ3n) is 4.58. The van der Waals surface area contributed by atoms with E-state index < -0.39 is 0 Å². The molecule has 122 valence electrons. The second kappa shape index (κ2) is 7.40. The van der Waals surface area contributed by atoms with Gasteiger partial charge in [0, 0.05) is 31.7 Å². The van der Waals surface area contributed by atoms with Crippen molar-refractivity contribution in [1.82, 2.24) is 9.80 Å². The molecule has 0 amide bonds. The number of benzene rings is 1. The van der Waals surface area contributed by atoms with Gasteiger partial charge >= 0.3 is 0 Å². The molecule has 2 aliphatic heterocycles. The highest BCUT2D eigenvalue weighted by molar-refractivity contribution is 5.32. The Balaban J connectivity index is 1.57. The average Bonchev–Trinajstić information content (AvgIpc) is 2.94. The molecular weight excluding hydrogens is 283 g/mol. The van der Waals surface area contributed by atoms with Crippen molar-refractivity contribution in [1.29, 1.82) is 0 Å². The Labute approximate surface area is 131 Å². The van der Waals surface area contributed by atoms with E-state index in [-0.39, 0.29) is 5.82 Å². The monoisotopic (exact) mass is 308 g/mol. The van der Waals surface area contributed by atoms with E-state index in [9.17, 15) is 4.39 Å². The molecule has 4 nitrogen and oxygen atoms in total. The predicted molar refractivity (Wildman–Crippen MR) is 83.8 cm³/mol. The molecule has 0 saturated carbocycles. The van der Waals surface area contributed by atoms with Crippen LogP contribution in [0.3, 0.4) is 0 Å². The Morgan fingerprint density at radius 1 is 1.23 bits per heavy atom. The number of morpholine rings is 1. The SMILES string of the molecule is CN1CCCC1c1cc(F)cc(OCCN2CCOCC2)c1. The summed E-state index contributed by atoms with van der Waals surface area (Å²) in [7, 11) is 2.10. The van der Waals surface area contributed by atoms with Gasteiger partial charge in [0.1, 0.15) is 18.2 Å². The van der Waals surface area contributed by atoms with Gasteiger partial charge in [0.25, 0.3) is 0 Å². The summed E-state index contributed by atoms with van der Waals surface area (Å²) in [4.78, 5) is 4.60. The third-order valence-corrected chi connectivity index (χ3v) is 4.58. The smallest absolute Gasteiger partial charge is 0.127 e. The summed E-state index contributed by atoms with van der Waals surface area (Å²) < 4.78 is 25.0. The fourth-order valence-electron chi connectivity index (χ4n) is 3.31. The second-order valence-electron chi connectivity index (χ2n) is 6.16. The van der Waals surface area contributed by atoms with Crippen molar-refractivity contribution in [3.63, 3.8) is 0 Å². The van der Waals surface area contributed by atoms with Crippen LogP contribution in [0, 0.1) is 5.82 Å². The Morgan fingerprint density at radius 3 is 2.77 bits per heavy atom. The second-order valence-corrected chi connectivity index (χ2v) is 6.16. The molecule has 0 aromatic heterocycles. The first kappa shape index (κ1) is 15.7. The molecule has 22 heavy (non-hydrogen) atoms. The van der Waals surface area contributed by atoms with E-state index in [4.69, 9.17) is 9.47 Å². The highest BCUT2D eigenvalue weighted by Gasteiger charge is 2.23. The predicted octanol–water partition coefficient (Wildman–Crippen LogP) is 2.30. The van der Waals surface area contributed by atoms with Crippen LogP contribution >= 0.6 is 0 Å². The molecule has 0 aliphatic carbocycles. The van der Waals surface area contributed by atoms with Crippen molar-refractivity contribution in [2.24, 2.45) is 0 Å². The molecule has 1 aromatic carbocycles. The maximum Gasteiger partial charge on any atom is 0.127 e.